The van der Waals surface area contributed by atoms with Crippen molar-refractivity contribution in [2.45, 2.75) is 32.0 Å². The van der Waals surface area contributed by atoms with Gasteiger partial charge in [-0.15, -0.1) is 0 Å². The van der Waals surface area contributed by atoms with Crippen LogP contribution in [0.15, 0.2) is 0 Å². The van der Waals surface area contributed by atoms with E-state index in [4.69, 9.17) is 9.84 Å². The molecule has 2 atom stereocenters. The second-order valence-corrected chi connectivity index (χ2v) is 6.06. The molecule has 1 saturated heterocycles. The maximum Gasteiger partial charge on any atom is 0.332 e. The summed E-state index contributed by atoms with van der Waals surface area (Å²) in [6.45, 7) is 1.92. The lowest BCUT2D eigenvalue weighted by Crippen LogP contribution is -2.39. The normalized spacial score (nSPS) is 23.2. The smallest absolute Gasteiger partial charge is 0.332 e. The molecule has 110 valence electrons. The lowest BCUT2D eigenvalue weighted by molar-refractivity contribution is -0.151. The Labute approximate surface area is 111 Å². The minimum absolute atomic E-state index is 0.0359. The number of aliphatic carboxylic acids is 1. The van der Waals surface area contributed by atoms with E-state index < -0.39 is 34.1 Å². The SMILES string of the molecule is CCNS(=O)(=O)CCNC(=O)C1CCC(C(=O)O)O1. The first-order chi connectivity index (χ1) is 8.85. The predicted octanol–water partition coefficient (Wildman–Crippen LogP) is -1.33. The fraction of sp³-hybridized carbons (Fsp3) is 0.800. The Morgan fingerprint density at radius 1 is 1.32 bits per heavy atom. The van der Waals surface area contributed by atoms with Gasteiger partial charge in [0.05, 0.1) is 5.75 Å². The molecule has 0 aromatic rings. The number of rotatable bonds is 7. The first kappa shape index (κ1) is 15.9. The van der Waals surface area contributed by atoms with E-state index in [-0.39, 0.29) is 18.7 Å². The average Bonchev–Trinajstić information content (AvgIpc) is 2.77. The maximum atomic E-state index is 11.6. The number of hydrogen-bond acceptors (Lipinski definition) is 5. The van der Waals surface area contributed by atoms with Crippen LogP contribution in [0.2, 0.25) is 0 Å². The number of carboxylic acids is 1. The van der Waals surface area contributed by atoms with Crippen LogP contribution in [-0.4, -0.2) is 56.5 Å². The van der Waals surface area contributed by atoms with Gasteiger partial charge in [-0.05, 0) is 12.8 Å². The third-order valence-electron chi connectivity index (χ3n) is 2.62. The van der Waals surface area contributed by atoms with Crippen LogP contribution in [0, 0.1) is 0 Å². The van der Waals surface area contributed by atoms with Crippen LogP contribution < -0.4 is 10.0 Å². The van der Waals surface area contributed by atoms with Crippen LogP contribution >= 0.6 is 0 Å². The second kappa shape index (κ2) is 6.83. The summed E-state index contributed by atoms with van der Waals surface area (Å²) in [7, 11) is -3.37. The molecule has 1 aliphatic rings. The Kier molecular flexibility index (Phi) is 5.70. The Balaban J connectivity index is 2.31. The Bertz CT molecular complexity index is 435. The van der Waals surface area contributed by atoms with E-state index in [2.05, 4.69) is 10.0 Å². The zero-order valence-electron chi connectivity index (χ0n) is 10.6. The summed E-state index contributed by atoms with van der Waals surface area (Å²) in [5, 5.41) is 11.1. The van der Waals surface area contributed by atoms with Gasteiger partial charge in [-0.2, -0.15) is 0 Å². The molecule has 0 aromatic heterocycles. The molecule has 1 heterocycles. The topological polar surface area (TPSA) is 122 Å². The van der Waals surface area contributed by atoms with Gasteiger partial charge in [0.15, 0.2) is 6.10 Å². The molecule has 0 radical (unpaired) electrons. The summed E-state index contributed by atoms with van der Waals surface area (Å²) < 4.78 is 29.9. The van der Waals surface area contributed by atoms with Gasteiger partial charge >= 0.3 is 5.97 Å². The zero-order chi connectivity index (χ0) is 14.5. The van der Waals surface area contributed by atoms with Crippen molar-refractivity contribution in [2.75, 3.05) is 18.8 Å². The van der Waals surface area contributed by atoms with Gasteiger partial charge in [0.2, 0.25) is 15.9 Å². The van der Waals surface area contributed by atoms with E-state index in [0.717, 1.165) is 0 Å². The molecular weight excluding hydrogens is 276 g/mol. The molecular formula is C10H18N2O6S. The predicted molar refractivity (Wildman–Crippen MR) is 66.0 cm³/mol. The highest BCUT2D eigenvalue weighted by atomic mass is 32.2. The Hall–Kier alpha value is -1.19. The number of hydrogen-bond donors (Lipinski definition) is 3. The van der Waals surface area contributed by atoms with Crippen LogP contribution in [-0.2, 0) is 24.3 Å². The Morgan fingerprint density at radius 3 is 2.47 bits per heavy atom. The van der Waals surface area contributed by atoms with E-state index in [0.29, 0.717) is 13.0 Å². The van der Waals surface area contributed by atoms with Crippen molar-refractivity contribution >= 4 is 21.9 Å². The largest absolute Gasteiger partial charge is 0.479 e. The number of ether oxygens (including phenoxy) is 1. The average molecular weight is 294 g/mol. The van der Waals surface area contributed by atoms with Crippen LogP contribution in [0.1, 0.15) is 19.8 Å². The lowest BCUT2D eigenvalue weighted by atomic mass is 10.2. The van der Waals surface area contributed by atoms with Crippen molar-refractivity contribution in [3.8, 4) is 0 Å². The number of carbonyl (C=O) groups is 2. The summed E-state index contributed by atoms with van der Waals surface area (Å²) in [5.74, 6) is -1.79. The Morgan fingerprint density at radius 2 is 1.95 bits per heavy atom. The minimum atomic E-state index is -3.37. The molecule has 8 nitrogen and oxygen atoms in total. The van der Waals surface area contributed by atoms with Gasteiger partial charge in [-0.3, -0.25) is 4.79 Å². The van der Waals surface area contributed by atoms with E-state index in [9.17, 15) is 18.0 Å². The molecule has 0 aliphatic carbocycles. The summed E-state index contributed by atoms with van der Waals surface area (Å²) >= 11 is 0. The highest BCUT2D eigenvalue weighted by molar-refractivity contribution is 7.89. The fourth-order valence-corrected chi connectivity index (χ4v) is 2.68. The van der Waals surface area contributed by atoms with Crippen molar-refractivity contribution in [1.29, 1.82) is 0 Å². The van der Waals surface area contributed by atoms with E-state index >= 15 is 0 Å². The van der Waals surface area contributed by atoms with Crippen LogP contribution in [0.4, 0.5) is 0 Å². The van der Waals surface area contributed by atoms with Crippen LogP contribution in [0.25, 0.3) is 0 Å². The third-order valence-corrected chi connectivity index (χ3v) is 4.09. The molecule has 0 aromatic carbocycles. The van der Waals surface area contributed by atoms with Crippen molar-refractivity contribution in [3.05, 3.63) is 0 Å². The third kappa shape index (κ3) is 5.13. The van der Waals surface area contributed by atoms with Crippen molar-refractivity contribution < 1.29 is 27.9 Å². The molecule has 0 spiro atoms. The molecule has 1 aliphatic heterocycles. The van der Waals surface area contributed by atoms with E-state index in [1.165, 1.54) is 0 Å². The molecule has 1 amide bonds. The number of sulfonamides is 1. The monoisotopic (exact) mass is 294 g/mol. The fourth-order valence-electron chi connectivity index (χ4n) is 1.73. The molecule has 2 unspecified atom stereocenters. The van der Waals surface area contributed by atoms with Gasteiger partial charge in [0.25, 0.3) is 0 Å². The van der Waals surface area contributed by atoms with Crippen molar-refractivity contribution in [1.82, 2.24) is 10.0 Å². The molecule has 0 bridgehead atoms. The van der Waals surface area contributed by atoms with E-state index in [1.54, 1.807) is 6.92 Å². The first-order valence-corrected chi connectivity index (χ1v) is 7.64. The standard InChI is InChI=1S/C10H18N2O6S/c1-2-12-19(16,17)6-5-11-9(13)7-3-4-8(18-7)10(14)15/h7-8,12H,2-6H2,1H3,(H,11,13)(H,14,15). The van der Waals surface area contributed by atoms with E-state index in [1.807, 2.05) is 0 Å². The van der Waals surface area contributed by atoms with Crippen LogP contribution in [0.3, 0.4) is 0 Å². The first-order valence-electron chi connectivity index (χ1n) is 5.99. The van der Waals surface area contributed by atoms with Crippen molar-refractivity contribution in [3.63, 3.8) is 0 Å². The van der Waals surface area contributed by atoms with Gasteiger partial charge < -0.3 is 15.2 Å². The molecule has 1 rings (SSSR count). The number of carboxylic acid groups (broad SMARTS) is 1. The second-order valence-electron chi connectivity index (χ2n) is 4.14. The van der Waals surface area contributed by atoms with Gasteiger partial charge in [-0.1, -0.05) is 6.92 Å². The summed E-state index contributed by atoms with van der Waals surface area (Å²) in [6, 6.07) is 0. The quantitative estimate of drug-likeness (QED) is 0.535. The number of carbonyl (C=O) groups excluding carboxylic acids is 1. The van der Waals surface area contributed by atoms with Crippen molar-refractivity contribution in [2.24, 2.45) is 0 Å². The zero-order valence-corrected chi connectivity index (χ0v) is 11.4. The highest BCUT2D eigenvalue weighted by Gasteiger charge is 2.34. The minimum Gasteiger partial charge on any atom is -0.479 e. The number of nitrogens with one attached hydrogen (secondary N) is 2. The summed E-state index contributed by atoms with van der Waals surface area (Å²) in [5.41, 5.74) is 0. The maximum absolute atomic E-state index is 11.6. The molecule has 9 heteroatoms. The number of amides is 1. The molecule has 3 N–H and O–H groups in total. The van der Waals surface area contributed by atoms with Gasteiger partial charge in [-0.25, -0.2) is 17.9 Å². The molecule has 1 fully saturated rings. The van der Waals surface area contributed by atoms with Gasteiger partial charge in [0.1, 0.15) is 6.10 Å². The molecule has 19 heavy (non-hydrogen) atoms. The van der Waals surface area contributed by atoms with Crippen LogP contribution in [0.5, 0.6) is 0 Å². The highest BCUT2D eigenvalue weighted by Crippen LogP contribution is 2.19. The van der Waals surface area contributed by atoms with Gasteiger partial charge in [0, 0.05) is 13.1 Å². The summed E-state index contributed by atoms with van der Waals surface area (Å²) in [4.78, 5) is 22.3. The molecule has 0 saturated carbocycles. The lowest BCUT2D eigenvalue weighted by Gasteiger charge is -2.11. The summed E-state index contributed by atoms with van der Waals surface area (Å²) in [6.07, 6.45) is -1.17.